The molecule has 0 bridgehead atoms. The number of benzene rings is 3. The minimum absolute atomic E-state index is 0.0334. The van der Waals surface area contributed by atoms with Crippen LogP contribution < -0.4 is 28.2 Å². The van der Waals surface area contributed by atoms with Crippen LogP contribution in [0.5, 0.6) is 23.0 Å². The molecule has 0 spiro atoms. The largest absolute Gasteiger partial charge is 0.497 e. The Labute approximate surface area is 332 Å². The molecule has 1 unspecified atom stereocenters. The molecule has 0 radical (unpaired) electrons. The zero-order valence-electron chi connectivity index (χ0n) is 33.5. The molecule has 3 heterocycles. The van der Waals surface area contributed by atoms with E-state index < -0.39 is 21.7 Å². The first-order chi connectivity index (χ1) is 27.3. The van der Waals surface area contributed by atoms with Crippen LogP contribution in [0, 0.1) is 6.92 Å². The molecule has 5 aromatic rings. The molecule has 304 valence electrons. The van der Waals surface area contributed by atoms with Crippen molar-refractivity contribution in [3.05, 3.63) is 71.4 Å². The van der Waals surface area contributed by atoms with Crippen molar-refractivity contribution in [1.29, 1.82) is 0 Å². The first kappa shape index (κ1) is 39.7. The van der Waals surface area contributed by atoms with E-state index >= 15 is 0 Å². The number of aromatic nitrogens is 3. The molecule has 1 saturated carbocycles. The van der Waals surface area contributed by atoms with E-state index in [2.05, 4.69) is 5.16 Å². The van der Waals surface area contributed by atoms with Gasteiger partial charge in [-0.3, -0.25) is 0 Å². The van der Waals surface area contributed by atoms with Crippen LogP contribution in [0.4, 0.5) is 22.1 Å². The Kier molecular flexibility index (Phi) is 11.0. The number of carbonyl (C=O) groups excluding carboxylic acids is 1. The number of ether oxygens (including phenoxy) is 6. The Morgan fingerprint density at radius 1 is 0.895 bits per heavy atom. The minimum atomic E-state index is -4.49. The summed E-state index contributed by atoms with van der Waals surface area (Å²) >= 11 is 0. The molecule has 3 aromatic carbocycles. The van der Waals surface area contributed by atoms with Gasteiger partial charge in [0.25, 0.3) is 10.0 Å². The third kappa shape index (κ3) is 8.05. The van der Waals surface area contributed by atoms with Gasteiger partial charge in [0, 0.05) is 30.4 Å². The Morgan fingerprint density at radius 2 is 1.58 bits per heavy atom. The molecule has 2 fully saturated rings. The second kappa shape index (κ2) is 15.8. The molecular formula is C41H49N5O10S. The Bertz CT molecular complexity index is 2330. The van der Waals surface area contributed by atoms with E-state index in [1.807, 2.05) is 17.7 Å². The van der Waals surface area contributed by atoms with Crippen LogP contribution in [-0.4, -0.2) is 70.1 Å². The van der Waals surface area contributed by atoms with Gasteiger partial charge in [-0.25, -0.2) is 27.1 Å². The molecule has 16 heteroatoms. The van der Waals surface area contributed by atoms with Gasteiger partial charge in [-0.05, 0) is 101 Å². The molecule has 2 aromatic heterocycles. The lowest BCUT2D eigenvalue weighted by Crippen LogP contribution is -2.34. The first-order valence-corrected chi connectivity index (χ1v) is 20.3. The van der Waals surface area contributed by atoms with Gasteiger partial charge in [0.1, 0.15) is 28.6 Å². The molecule has 1 saturated heterocycles. The number of nitrogens with zero attached hydrogens (tertiary/aromatic N) is 5. The highest BCUT2D eigenvalue weighted by molar-refractivity contribution is 7.93. The molecule has 1 aliphatic carbocycles. The highest BCUT2D eigenvalue weighted by Crippen LogP contribution is 2.47. The highest BCUT2D eigenvalue weighted by atomic mass is 32.2. The van der Waals surface area contributed by atoms with Gasteiger partial charge < -0.3 is 32.9 Å². The van der Waals surface area contributed by atoms with E-state index in [-0.39, 0.29) is 52.0 Å². The lowest BCUT2D eigenvalue weighted by Gasteiger charge is -2.27. The van der Waals surface area contributed by atoms with Crippen LogP contribution in [0.1, 0.15) is 81.8 Å². The van der Waals surface area contributed by atoms with Crippen molar-refractivity contribution in [1.82, 2.24) is 14.9 Å². The van der Waals surface area contributed by atoms with Crippen molar-refractivity contribution in [2.45, 2.75) is 89.0 Å². The highest BCUT2D eigenvalue weighted by Gasteiger charge is 2.38. The van der Waals surface area contributed by atoms with Crippen molar-refractivity contribution in [2.24, 2.45) is 0 Å². The van der Waals surface area contributed by atoms with Crippen molar-refractivity contribution >= 4 is 44.4 Å². The summed E-state index contributed by atoms with van der Waals surface area (Å²) < 4.78 is 73.5. The van der Waals surface area contributed by atoms with E-state index in [0.29, 0.717) is 35.0 Å². The third-order valence-corrected chi connectivity index (χ3v) is 11.6. The van der Waals surface area contributed by atoms with E-state index in [0.717, 1.165) is 47.7 Å². The van der Waals surface area contributed by atoms with Crippen molar-refractivity contribution in [3.8, 4) is 23.0 Å². The number of rotatable bonds is 13. The third-order valence-electron chi connectivity index (χ3n) is 9.85. The number of carbonyl (C=O) groups is 1. The van der Waals surface area contributed by atoms with Crippen LogP contribution >= 0.6 is 0 Å². The number of fused-ring (bicyclic) bond motifs is 1. The van der Waals surface area contributed by atoms with Crippen LogP contribution in [0.2, 0.25) is 0 Å². The van der Waals surface area contributed by atoms with Crippen LogP contribution in [0.25, 0.3) is 11.0 Å². The van der Waals surface area contributed by atoms with Gasteiger partial charge in [-0.1, -0.05) is 17.3 Å². The van der Waals surface area contributed by atoms with Gasteiger partial charge in [-0.15, -0.1) is 0 Å². The van der Waals surface area contributed by atoms with E-state index in [9.17, 15) is 13.2 Å². The maximum atomic E-state index is 15.0. The number of amides is 1. The van der Waals surface area contributed by atoms with Crippen molar-refractivity contribution in [3.63, 3.8) is 0 Å². The molecule has 0 N–H and O–H groups in total. The number of hydrogen-bond acceptors (Lipinski definition) is 12. The van der Waals surface area contributed by atoms with E-state index in [1.165, 1.54) is 26.2 Å². The van der Waals surface area contributed by atoms with Crippen molar-refractivity contribution < 1.29 is 46.2 Å². The second-order valence-corrected chi connectivity index (χ2v) is 17.0. The molecule has 2 aliphatic rings. The quantitative estimate of drug-likeness (QED) is 0.112. The van der Waals surface area contributed by atoms with E-state index in [1.54, 1.807) is 76.4 Å². The number of aryl methyl sites for hydroxylation is 1. The lowest BCUT2D eigenvalue weighted by atomic mass is 10.1. The smallest absolute Gasteiger partial charge is 0.420 e. The number of sulfonamides is 1. The summed E-state index contributed by atoms with van der Waals surface area (Å²) in [5, 5.41) is 9.61. The Balaban J connectivity index is 1.39. The fourth-order valence-corrected chi connectivity index (χ4v) is 8.66. The summed E-state index contributed by atoms with van der Waals surface area (Å²) in [6, 6.07) is 15.3. The average molecular weight is 804 g/mol. The van der Waals surface area contributed by atoms with Gasteiger partial charge >= 0.3 is 6.09 Å². The zero-order chi connectivity index (χ0) is 40.6. The molecule has 1 amide bonds. The fourth-order valence-electron chi connectivity index (χ4n) is 6.96. The number of hydrogen-bond donors (Lipinski definition) is 0. The predicted octanol–water partition coefficient (Wildman–Crippen LogP) is 8.41. The fraction of sp³-hybridized carbons (Fsp3) is 0.439. The zero-order valence-corrected chi connectivity index (χ0v) is 34.3. The monoisotopic (exact) mass is 803 g/mol. The van der Waals surface area contributed by atoms with E-state index in [4.69, 9.17) is 38.0 Å². The second-order valence-electron chi connectivity index (χ2n) is 15.2. The lowest BCUT2D eigenvalue weighted by molar-refractivity contribution is -0.0410. The van der Waals surface area contributed by atoms with Gasteiger partial charge in [0.15, 0.2) is 28.3 Å². The predicted molar refractivity (Wildman–Crippen MR) is 213 cm³/mol. The van der Waals surface area contributed by atoms with Crippen LogP contribution in [0.3, 0.4) is 0 Å². The summed E-state index contributed by atoms with van der Waals surface area (Å²) in [5.41, 5.74) is 1.92. The van der Waals surface area contributed by atoms with Gasteiger partial charge in [0.05, 0.1) is 46.1 Å². The summed E-state index contributed by atoms with van der Waals surface area (Å²) in [4.78, 5) is 15.4. The maximum absolute atomic E-state index is 15.0. The molecule has 1 atom stereocenters. The number of methoxy groups -OCH3 is 4. The molecule has 57 heavy (non-hydrogen) atoms. The average Bonchev–Trinajstić information content (AvgIpc) is 3.82. The van der Waals surface area contributed by atoms with Crippen LogP contribution in [0.15, 0.2) is 64.0 Å². The SMILES string of the molecule is COc1ccc(CN(c2noc3cc(N(C(=O)OC(C)(C)C)c4cc(C5CC5)n(C5CCCCO5)n4)c(OC)cc23)S(=O)(=O)c2c(OC)cc(C)cc2OC)cc1. The summed E-state index contributed by atoms with van der Waals surface area (Å²) in [7, 11) is 1.32. The van der Waals surface area contributed by atoms with Gasteiger partial charge in [0.2, 0.25) is 0 Å². The maximum Gasteiger partial charge on any atom is 0.420 e. The standard InChI is InChI=1S/C41H49N5O10S/c1-25-19-34(52-7)38(35(20-25)53-8)57(48,49)44(24-26-12-16-28(50-5)17-13-26)39-29-21-33(51-6)31(22-32(29)56-43-39)45(40(47)55-41(2,3)4)36-23-30(27-14-15-27)46(42-36)37-11-9-10-18-54-37/h12-13,16-17,19-23,27,37H,9-11,14-15,18,24H2,1-8H3. The summed E-state index contributed by atoms with van der Waals surface area (Å²) in [5.74, 6) is 1.58. The topological polar surface area (TPSA) is 157 Å². The van der Waals surface area contributed by atoms with Crippen molar-refractivity contribution in [2.75, 3.05) is 44.3 Å². The van der Waals surface area contributed by atoms with Crippen LogP contribution in [-0.2, 0) is 26.0 Å². The summed E-state index contributed by atoms with van der Waals surface area (Å²) in [6.45, 7) is 7.64. The Morgan fingerprint density at radius 3 is 2.16 bits per heavy atom. The molecular weight excluding hydrogens is 755 g/mol. The summed E-state index contributed by atoms with van der Waals surface area (Å²) in [6.07, 6.45) is 3.86. The Hall–Kier alpha value is -5.48. The molecule has 15 nitrogen and oxygen atoms in total. The molecule has 1 aliphatic heterocycles. The first-order valence-electron chi connectivity index (χ1n) is 18.9. The number of anilines is 3. The van der Waals surface area contributed by atoms with Gasteiger partial charge in [-0.2, -0.15) is 5.10 Å². The minimum Gasteiger partial charge on any atom is -0.497 e. The normalized spacial score (nSPS) is 16.0. The molecule has 7 rings (SSSR count).